The molecule has 34 heavy (non-hydrogen) atoms. The van der Waals surface area contributed by atoms with Crippen molar-refractivity contribution in [3.63, 3.8) is 0 Å². The molecule has 4 rings (SSSR count). The Morgan fingerprint density at radius 2 is 1.97 bits per heavy atom. The first kappa shape index (κ1) is 24.0. The van der Waals surface area contributed by atoms with E-state index in [9.17, 15) is 15.0 Å². The monoisotopic (exact) mass is 478 g/mol. The van der Waals surface area contributed by atoms with Gasteiger partial charge in [0, 0.05) is 33.9 Å². The van der Waals surface area contributed by atoms with Gasteiger partial charge in [-0.2, -0.15) is 0 Å². The van der Waals surface area contributed by atoms with Gasteiger partial charge >= 0.3 is 0 Å². The summed E-state index contributed by atoms with van der Waals surface area (Å²) in [7, 11) is 1.99. The number of aromatic nitrogens is 1. The Bertz CT molecular complexity index is 1280. The van der Waals surface area contributed by atoms with E-state index in [1.807, 2.05) is 62.6 Å². The molecule has 1 atom stereocenters. The first-order valence-corrected chi connectivity index (χ1v) is 12.3. The van der Waals surface area contributed by atoms with Crippen LogP contribution in [-0.4, -0.2) is 39.9 Å². The molecule has 2 aromatic heterocycles. The van der Waals surface area contributed by atoms with Crippen LogP contribution in [0.1, 0.15) is 34.1 Å². The summed E-state index contributed by atoms with van der Waals surface area (Å²) < 4.78 is 7.91. The molecular formula is C27H30N2O4S. The maximum Gasteiger partial charge on any atom is 0.255 e. The zero-order valence-electron chi connectivity index (χ0n) is 19.5. The summed E-state index contributed by atoms with van der Waals surface area (Å²) in [5.41, 5.74) is 3.50. The Labute approximate surface area is 203 Å². The summed E-state index contributed by atoms with van der Waals surface area (Å²) in [5.74, 6) is 0.232. The second-order valence-electron chi connectivity index (χ2n) is 8.32. The van der Waals surface area contributed by atoms with Crippen molar-refractivity contribution in [1.29, 1.82) is 0 Å². The van der Waals surface area contributed by atoms with Crippen LogP contribution in [0, 0.1) is 0 Å². The summed E-state index contributed by atoms with van der Waals surface area (Å²) >= 11 is 1.49. The molecule has 0 fully saturated rings. The number of carbonyl (C=O) groups is 1. The highest BCUT2D eigenvalue weighted by Gasteiger charge is 2.20. The van der Waals surface area contributed by atoms with Crippen molar-refractivity contribution in [1.82, 2.24) is 9.88 Å². The van der Waals surface area contributed by atoms with E-state index in [1.165, 1.54) is 11.3 Å². The summed E-state index contributed by atoms with van der Waals surface area (Å²) in [6, 6.07) is 17.1. The molecule has 0 saturated heterocycles. The fraction of sp³-hybridized carbons (Fsp3) is 0.296. The van der Waals surface area contributed by atoms with Gasteiger partial charge in [-0.25, -0.2) is 0 Å². The van der Waals surface area contributed by atoms with Crippen LogP contribution < -0.4 is 10.1 Å². The van der Waals surface area contributed by atoms with Gasteiger partial charge in [0.2, 0.25) is 0 Å². The zero-order chi connectivity index (χ0) is 24.1. The van der Waals surface area contributed by atoms with Crippen LogP contribution in [0.3, 0.4) is 0 Å². The number of nitrogens with one attached hydrogen (secondary N) is 1. The Morgan fingerprint density at radius 3 is 2.71 bits per heavy atom. The molecule has 2 heterocycles. The van der Waals surface area contributed by atoms with Crippen molar-refractivity contribution in [2.75, 3.05) is 13.2 Å². The number of fused-ring (bicyclic) bond motifs is 1. The van der Waals surface area contributed by atoms with Gasteiger partial charge in [0.1, 0.15) is 5.75 Å². The van der Waals surface area contributed by atoms with Gasteiger partial charge in [-0.05, 0) is 60.4 Å². The molecule has 1 amide bonds. The number of nitrogens with zero attached hydrogens (tertiary/aromatic N) is 1. The standard InChI is InChI=1S/C27H30N2O4S/c1-3-12-33-25-10-8-18(26-11-9-21(17-31)34-26)14-23(25)27(32)28-20(16-30)13-19-15-29(2)24-7-5-4-6-22(19)24/h4-11,14-15,20,30-31H,3,12-13,16-17H2,1-2H3,(H,28,32)/t20-/m1/s1. The number of hydrogen-bond donors (Lipinski definition) is 3. The summed E-state index contributed by atoms with van der Waals surface area (Å²) in [6.07, 6.45) is 3.39. The van der Waals surface area contributed by atoms with Gasteiger partial charge in [0.15, 0.2) is 0 Å². The molecule has 0 aliphatic rings. The van der Waals surface area contributed by atoms with Crippen molar-refractivity contribution in [2.45, 2.75) is 32.4 Å². The number of aryl methyl sites for hydroxylation is 1. The maximum absolute atomic E-state index is 13.4. The van der Waals surface area contributed by atoms with E-state index < -0.39 is 6.04 Å². The third kappa shape index (κ3) is 5.17. The summed E-state index contributed by atoms with van der Waals surface area (Å²) in [6.45, 7) is 2.33. The molecule has 3 N–H and O–H groups in total. The zero-order valence-corrected chi connectivity index (χ0v) is 20.3. The van der Waals surface area contributed by atoms with E-state index in [4.69, 9.17) is 4.74 Å². The first-order chi connectivity index (χ1) is 16.5. The molecule has 4 aromatic rings. The van der Waals surface area contributed by atoms with Crippen molar-refractivity contribution in [3.05, 3.63) is 76.8 Å². The van der Waals surface area contributed by atoms with Crippen LogP contribution in [0.2, 0.25) is 0 Å². The van der Waals surface area contributed by atoms with Crippen LogP contribution in [0.15, 0.2) is 60.8 Å². The van der Waals surface area contributed by atoms with Crippen molar-refractivity contribution in [3.8, 4) is 16.2 Å². The van der Waals surface area contributed by atoms with E-state index >= 15 is 0 Å². The number of ether oxygens (including phenoxy) is 1. The normalized spacial score (nSPS) is 12.1. The molecule has 0 unspecified atom stereocenters. The second kappa shape index (κ2) is 10.9. The van der Waals surface area contributed by atoms with E-state index in [0.29, 0.717) is 24.3 Å². The number of benzene rings is 2. The SMILES string of the molecule is CCCOc1ccc(-c2ccc(CO)s2)cc1C(=O)N[C@@H](CO)Cc1cn(C)c2ccccc12. The molecule has 0 aliphatic heterocycles. The van der Waals surface area contributed by atoms with Gasteiger partial charge in [0.05, 0.1) is 31.4 Å². The Kier molecular flexibility index (Phi) is 7.67. The van der Waals surface area contributed by atoms with Crippen LogP contribution in [-0.2, 0) is 20.1 Å². The third-order valence-corrected chi connectivity index (χ3v) is 6.91. The fourth-order valence-corrected chi connectivity index (χ4v) is 4.96. The number of rotatable bonds is 10. The number of hydrogen-bond acceptors (Lipinski definition) is 5. The minimum absolute atomic E-state index is 0.0119. The minimum Gasteiger partial charge on any atom is -0.493 e. The topological polar surface area (TPSA) is 83.7 Å². The van der Waals surface area contributed by atoms with Crippen LogP contribution in [0.5, 0.6) is 5.75 Å². The lowest BCUT2D eigenvalue weighted by Gasteiger charge is -2.18. The lowest BCUT2D eigenvalue weighted by atomic mass is 10.0. The third-order valence-electron chi connectivity index (χ3n) is 5.79. The van der Waals surface area contributed by atoms with E-state index in [-0.39, 0.29) is 19.1 Å². The predicted molar refractivity (Wildman–Crippen MR) is 136 cm³/mol. The number of carbonyl (C=O) groups excluding carboxylic acids is 1. The molecule has 2 aromatic carbocycles. The molecular weight excluding hydrogens is 448 g/mol. The molecule has 0 radical (unpaired) electrons. The lowest BCUT2D eigenvalue weighted by molar-refractivity contribution is 0.0912. The van der Waals surface area contributed by atoms with Crippen LogP contribution in [0.25, 0.3) is 21.3 Å². The maximum atomic E-state index is 13.4. The van der Waals surface area contributed by atoms with Crippen LogP contribution in [0.4, 0.5) is 0 Å². The predicted octanol–water partition coefficient (Wildman–Crippen LogP) is 4.52. The van der Waals surface area contributed by atoms with Gasteiger partial charge in [-0.3, -0.25) is 4.79 Å². The molecule has 6 nitrogen and oxygen atoms in total. The van der Waals surface area contributed by atoms with Crippen molar-refractivity contribution in [2.24, 2.45) is 7.05 Å². The Hall–Kier alpha value is -3.13. The van der Waals surface area contributed by atoms with Crippen LogP contribution >= 0.6 is 11.3 Å². The van der Waals surface area contributed by atoms with E-state index in [2.05, 4.69) is 22.0 Å². The molecule has 0 spiro atoms. The number of thiophene rings is 1. The average Bonchev–Trinajstić information content (AvgIpc) is 3.47. The van der Waals surface area contributed by atoms with Gasteiger partial charge < -0.3 is 24.8 Å². The highest BCUT2D eigenvalue weighted by molar-refractivity contribution is 7.15. The highest BCUT2D eigenvalue weighted by atomic mass is 32.1. The Balaban J connectivity index is 1.59. The number of amides is 1. The number of aliphatic hydroxyl groups excluding tert-OH is 2. The van der Waals surface area contributed by atoms with Gasteiger partial charge in [-0.15, -0.1) is 11.3 Å². The lowest BCUT2D eigenvalue weighted by Crippen LogP contribution is -2.39. The van der Waals surface area contributed by atoms with E-state index in [0.717, 1.165) is 38.2 Å². The molecule has 7 heteroatoms. The van der Waals surface area contributed by atoms with Gasteiger partial charge in [-0.1, -0.05) is 25.1 Å². The highest BCUT2D eigenvalue weighted by Crippen LogP contribution is 2.32. The second-order valence-corrected chi connectivity index (χ2v) is 9.49. The van der Waals surface area contributed by atoms with Crippen molar-refractivity contribution >= 4 is 28.1 Å². The summed E-state index contributed by atoms with van der Waals surface area (Å²) in [4.78, 5) is 15.2. The number of aliphatic hydroxyl groups is 2. The molecule has 0 bridgehead atoms. The largest absolute Gasteiger partial charge is 0.493 e. The fourth-order valence-electron chi connectivity index (χ4n) is 4.09. The number of para-hydroxylation sites is 1. The summed E-state index contributed by atoms with van der Waals surface area (Å²) in [5, 5.41) is 23.6. The first-order valence-electron chi connectivity index (χ1n) is 11.5. The molecule has 0 aliphatic carbocycles. The Morgan fingerprint density at radius 1 is 1.15 bits per heavy atom. The minimum atomic E-state index is -0.441. The quantitative estimate of drug-likeness (QED) is 0.313. The molecule has 178 valence electrons. The smallest absolute Gasteiger partial charge is 0.255 e. The van der Waals surface area contributed by atoms with Gasteiger partial charge in [0.25, 0.3) is 5.91 Å². The van der Waals surface area contributed by atoms with Crippen molar-refractivity contribution < 1.29 is 19.7 Å². The van der Waals surface area contributed by atoms with E-state index in [1.54, 1.807) is 0 Å². The molecule has 0 saturated carbocycles. The average molecular weight is 479 g/mol.